The molecule has 1 aromatic heterocycles. The molecule has 1 aromatic carbocycles. The predicted octanol–water partition coefficient (Wildman–Crippen LogP) is 1.89. The molecule has 0 spiro atoms. The number of methoxy groups -OCH3 is 1. The number of ether oxygens (including phenoxy) is 1. The lowest BCUT2D eigenvalue weighted by Crippen LogP contribution is -1.86. The highest BCUT2D eigenvalue weighted by Gasteiger charge is 2.06. The Bertz CT molecular complexity index is 465. The van der Waals surface area contributed by atoms with Crippen LogP contribution in [0.4, 0.5) is 0 Å². The minimum absolute atomic E-state index is 0.0622. The van der Waals surface area contributed by atoms with Crippen molar-refractivity contribution < 1.29 is 14.4 Å². The standard InChI is InChI=1S/C12H13NO3/c1-15-10-4-2-3-9(7-10)12-8-11(5-6-14)16-13-12/h2-4,7-8,14H,5-6H2,1H3. The van der Waals surface area contributed by atoms with Gasteiger partial charge in [-0.1, -0.05) is 17.3 Å². The zero-order valence-electron chi connectivity index (χ0n) is 9.01. The van der Waals surface area contributed by atoms with E-state index in [0.29, 0.717) is 12.2 Å². The van der Waals surface area contributed by atoms with E-state index in [4.69, 9.17) is 14.4 Å². The van der Waals surface area contributed by atoms with E-state index in [1.54, 1.807) is 7.11 Å². The molecule has 0 aliphatic heterocycles. The summed E-state index contributed by atoms with van der Waals surface area (Å²) >= 11 is 0. The fourth-order valence-electron chi connectivity index (χ4n) is 1.46. The van der Waals surface area contributed by atoms with Crippen LogP contribution >= 0.6 is 0 Å². The van der Waals surface area contributed by atoms with Gasteiger partial charge in [-0.05, 0) is 12.1 Å². The van der Waals surface area contributed by atoms with Crippen molar-refractivity contribution in [1.82, 2.24) is 5.16 Å². The van der Waals surface area contributed by atoms with E-state index in [0.717, 1.165) is 17.0 Å². The van der Waals surface area contributed by atoms with E-state index in [1.807, 2.05) is 30.3 Å². The van der Waals surface area contributed by atoms with Gasteiger partial charge in [0.2, 0.25) is 0 Å². The van der Waals surface area contributed by atoms with Gasteiger partial charge in [-0.2, -0.15) is 0 Å². The average Bonchev–Trinajstić information content (AvgIpc) is 2.78. The molecule has 0 radical (unpaired) electrons. The Balaban J connectivity index is 2.27. The van der Waals surface area contributed by atoms with Gasteiger partial charge < -0.3 is 14.4 Å². The topological polar surface area (TPSA) is 55.5 Å². The Morgan fingerprint density at radius 2 is 2.25 bits per heavy atom. The molecule has 16 heavy (non-hydrogen) atoms. The molecule has 84 valence electrons. The summed E-state index contributed by atoms with van der Waals surface area (Å²) in [6.45, 7) is 0.0622. The predicted molar refractivity (Wildman–Crippen MR) is 59.3 cm³/mol. The molecule has 2 aromatic rings. The number of aliphatic hydroxyl groups excluding tert-OH is 1. The smallest absolute Gasteiger partial charge is 0.139 e. The zero-order chi connectivity index (χ0) is 11.4. The van der Waals surface area contributed by atoms with E-state index in [1.165, 1.54) is 0 Å². The number of aliphatic hydroxyl groups is 1. The van der Waals surface area contributed by atoms with E-state index >= 15 is 0 Å². The third kappa shape index (κ3) is 2.23. The maximum atomic E-state index is 8.77. The first kappa shape index (κ1) is 10.7. The third-order valence-electron chi connectivity index (χ3n) is 2.28. The first-order chi connectivity index (χ1) is 7.83. The molecule has 0 atom stereocenters. The van der Waals surface area contributed by atoms with Crippen LogP contribution < -0.4 is 4.74 Å². The van der Waals surface area contributed by atoms with Gasteiger partial charge in [0.1, 0.15) is 17.2 Å². The number of aromatic nitrogens is 1. The van der Waals surface area contributed by atoms with Crippen LogP contribution in [-0.2, 0) is 6.42 Å². The summed E-state index contributed by atoms with van der Waals surface area (Å²) in [6.07, 6.45) is 0.483. The second-order valence-corrected chi connectivity index (χ2v) is 3.38. The van der Waals surface area contributed by atoms with Gasteiger partial charge in [0.15, 0.2) is 0 Å². The molecule has 0 aliphatic rings. The van der Waals surface area contributed by atoms with Gasteiger partial charge in [-0.3, -0.25) is 0 Å². The van der Waals surface area contributed by atoms with Gasteiger partial charge >= 0.3 is 0 Å². The minimum atomic E-state index is 0.0622. The van der Waals surface area contributed by atoms with Crippen molar-refractivity contribution in [2.75, 3.05) is 13.7 Å². The maximum absolute atomic E-state index is 8.77. The first-order valence-corrected chi connectivity index (χ1v) is 5.04. The largest absolute Gasteiger partial charge is 0.497 e. The summed E-state index contributed by atoms with van der Waals surface area (Å²) in [6, 6.07) is 9.42. The minimum Gasteiger partial charge on any atom is -0.497 e. The van der Waals surface area contributed by atoms with Crippen LogP contribution in [0, 0.1) is 0 Å². The normalized spacial score (nSPS) is 10.4. The SMILES string of the molecule is COc1cccc(-c2cc(CCO)on2)c1. The second-order valence-electron chi connectivity index (χ2n) is 3.38. The summed E-state index contributed by atoms with van der Waals surface area (Å²) in [5.74, 6) is 1.46. The molecular weight excluding hydrogens is 206 g/mol. The lowest BCUT2D eigenvalue weighted by atomic mass is 10.1. The Morgan fingerprint density at radius 1 is 1.38 bits per heavy atom. The molecule has 0 aliphatic carbocycles. The van der Waals surface area contributed by atoms with Crippen molar-refractivity contribution in [1.29, 1.82) is 0 Å². The van der Waals surface area contributed by atoms with Crippen LogP contribution in [-0.4, -0.2) is 24.0 Å². The Hall–Kier alpha value is -1.81. The fraction of sp³-hybridized carbons (Fsp3) is 0.250. The van der Waals surface area contributed by atoms with Crippen LogP contribution in [0.2, 0.25) is 0 Å². The van der Waals surface area contributed by atoms with Crippen LogP contribution in [0.3, 0.4) is 0 Å². The highest BCUT2D eigenvalue weighted by molar-refractivity contribution is 5.60. The van der Waals surface area contributed by atoms with E-state index < -0.39 is 0 Å². The van der Waals surface area contributed by atoms with Gasteiger partial charge in [0.05, 0.1) is 13.7 Å². The lowest BCUT2D eigenvalue weighted by molar-refractivity contribution is 0.277. The molecule has 4 nitrogen and oxygen atoms in total. The van der Waals surface area contributed by atoms with Crippen molar-refractivity contribution in [3.05, 3.63) is 36.1 Å². The van der Waals surface area contributed by atoms with Crippen molar-refractivity contribution in [2.45, 2.75) is 6.42 Å². The molecule has 2 rings (SSSR count). The Labute approximate surface area is 93.5 Å². The highest BCUT2D eigenvalue weighted by atomic mass is 16.5. The van der Waals surface area contributed by atoms with Crippen molar-refractivity contribution >= 4 is 0 Å². The molecule has 0 amide bonds. The Kier molecular flexibility index (Phi) is 3.22. The molecular formula is C12H13NO3. The van der Waals surface area contributed by atoms with Crippen LogP contribution in [0.1, 0.15) is 5.76 Å². The van der Waals surface area contributed by atoms with Crippen LogP contribution in [0.15, 0.2) is 34.9 Å². The van der Waals surface area contributed by atoms with Gasteiger partial charge in [-0.15, -0.1) is 0 Å². The van der Waals surface area contributed by atoms with Gasteiger partial charge in [-0.25, -0.2) is 0 Å². The van der Waals surface area contributed by atoms with Gasteiger partial charge in [0.25, 0.3) is 0 Å². The lowest BCUT2D eigenvalue weighted by Gasteiger charge is -2.00. The highest BCUT2D eigenvalue weighted by Crippen LogP contribution is 2.23. The number of benzene rings is 1. The molecule has 1 N–H and O–H groups in total. The molecule has 1 heterocycles. The molecule has 0 saturated carbocycles. The van der Waals surface area contributed by atoms with Crippen molar-refractivity contribution in [3.8, 4) is 17.0 Å². The van der Waals surface area contributed by atoms with Crippen LogP contribution in [0.5, 0.6) is 5.75 Å². The quantitative estimate of drug-likeness (QED) is 0.853. The van der Waals surface area contributed by atoms with Crippen molar-refractivity contribution in [3.63, 3.8) is 0 Å². The summed E-state index contributed by atoms with van der Waals surface area (Å²) in [5, 5.41) is 12.7. The summed E-state index contributed by atoms with van der Waals surface area (Å²) in [5.41, 5.74) is 1.69. The molecule has 4 heteroatoms. The third-order valence-corrected chi connectivity index (χ3v) is 2.28. The molecule has 0 saturated heterocycles. The average molecular weight is 219 g/mol. The van der Waals surface area contributed by atoms with E-state index in [9.17, 15) is 0 Å². The monoisotopic (exact) mass is 219 g/mol. The second kappa shape index (κ2) is 4.81. The summed E-state index contributed by atoms with van der Waals surface area (Å²) in [4.78, 5) is 0. The van der Waals surface area contributed by atoms with E-state index in [-0.39, 0.29) is 6.61 Å². The van der Waals surface area contributed by atoms with Crippen molar-refractivity contribution in [2.24, 2.45) is 0 Å². The number of hydrogen-bond acceptors (Lipinski definition) is 4. The number of nitrogens with zero attached hydrogens (tertiary/aromatic N) is 1. The Morgan fingerprint density at radius 3 is 3.00 bits per heavy atom. The number of hydrogen-bond donors (Lipinski definition) is 1. The first-order valence-electron chi connectivity index (χ1n) is 5.04. The zero-order valence-corrected chi connectivity index (χ0v) is 9.01. The summed E-state index contributed by atoms with van der Waals surface area (Å²) < 4.78 is 10.2. The maximum Gasteiger partial charge on any atom is 0.139 e. The van der Waals surface area contributed by atoms with Gasteiger partial charge in [0, 0.05) is 18.1 Å². The summed E-state index contributed by atoms with van der Waals surface area (Å²) in [7, 11) is 1.62. The molecule has 0 bridgehead atoms. The fourth-order valence-corrected chi connectivity index (χ4v) is 1.46. The molecule has 0 unspecified atom stereocenters. The number of rotatable bonds is 4. The van der Waals surface area contributed by atoms with Crippen LogP contribution in [0.25, 0.3) is 11.3 Å². The van der Waals surface area contributed by atoms with E-state index in [2.05, 4.69) is 5.16 Å². The molecule has 0 fully saturated rings.